The highest BCUT2D eigenvalue weighted by Gasteiger charge is 2.33. The van der Waals surface area contributed by atoms with Gasteiger partial charge in [0.1, 0.15) is 11.6 Å². The second-order valence-electron chi connectivity index (χ2n) is 8.44. The number of nitrogens with one attached hydrogen (secondary N) is 2. The topological polar surface area (TPSA) is 78.1 Å². The third-order valence-corrected chi connectivity index (χ3v) is 5.98. The van der Waals surface area contributed by atoms with Crippen molar-refractivity contribution >= 4 is 16.7 Å². The maximum Gasteiger partial charge on any atom is 0.272 e. The predicted octanol–water partition coefficient (Wildman–Crippen LogP) is 2.62. The van der Waals surface area contributed by atoms with Crippen LogP contribution in [-0.2, 0) is 6.42 Å². The maximum atomic E-state index is 14.4. The molecule has 5 rings (SSSR count). The molecular formula is C23H22F2N4O2. The molecule has 0 unspecified atom stereocenters. The van der Waals surface area contributed by atoms with Crippen molar-refractivity contribution in [3.63, 3.8) is 0 Å². The highest BCUT2D eigenvalue weighted by Crippen LogP contribution is 2.24. The Bertz CT molecular complexity index is 1220. The molecule has 0 bridgehead atoms. The van der Waals surface area contributed by atoms with Gasteiger partial charge in [0.2, 0.25) is 0 Å². The smallest absolute Gasteiger partial charge is 0.272 e. The number of rotatable bonds is 6. The summed E-state index contributed by atoms with van der Waals surface area (Å²) in [4.78, 5) is 26.4. The minimum absolute atomic E-state index is 0.0332. The zero-order valence-electron chi connectivity index (χ0n) is 16.8. The van der Waals surface area contributed by atoms with Crippen LogP contribution in [0.3, 0.4) is 0 Å². The fourth-order valence-electron chi connectivity index (χ4n) is 4.02. The SMILES string of the molecule is O=C(c1cc(Cc2n[nH]c(=O)c3cc(F)ccc23)ccc1F)N1CC(CNC2CC2)C1. The number of likely N-dealkylation sites (tertiary alicyclic amines) is 1. The number of H-pyrrole nitrogens is 1. The molecule has 0 atom stereocenters. The number of hydrogen-bond acceptors (Lipinski definition) is 4. The van der Waals surface area contributed by atoms with Crippen LogP contribution in [-0.4, -0.2) is 46.7 Å². The van der Waals surface area contributed by atoms with Crippen LogP contribution in [0.25, 0.3) is 10.8 Å². The molecule has 1 saturated carbocycles. The minimum Gasteiger partial charge on any atom is -0.338 e. The largest absolute Gasteiger partial charge is 0.338 e. The first-order valence-electron chi connectivity index (χ1n) is 10.5. The van der Waals surface area contributed by atoms with Crippen molar-refractivity contribution in [1.82, 2.24) is 20.4 Å². The first-order chi connectivity index (χ1) is 15.0. The van der Waals surface area contributed by atoms with Gasteiger partial charge >= 0.3 is 0 Å². The van der Waals surface area contributed by atoms with E-state index in [9.17, 15) is 18.4 Å². The van der Waals surface area contributed by atoms with Crippen molar-refractivity contribution in [2.45, 2.75) is 25.3 Å². The molecule has 0 spiro atoms. The van der Waals surface area contributed by atoms with Gasteiger partial charge in [0.15, 0.2) is 0 Å². The van der Waals surface area contributed by atoms with Crippen molar-refractivity contribution in [3.05, 3.63) is 75.2 Å². The van der Waals surface area contributed by atoms with E-state index in [0.29, 0.717) is 41.7 Å². The second kappa shape index (κ2) is 7.85. The average molecular weight is 424 g/mol. The Balaban J connectivity index is 1.33. The lowest BCUT2D eigenvalue weighted by molar-refractivity contribution is 0.0495. The van der Waals surface area contributed by atoms with Gasteiger partial charge in [-0.3, -0.25) is 9.59 Å². The van der Waals surface area contributed by atoms with Gasteiger partial charge in [0.25, 0.3) is 11.5 Å². The second-order valence-corrected chi connectivity index (χ2v) is 8.44. The molecule has 2 fully saturated rings. The summed E-state index contributed by atoms with van der Waals surface area (Å²) in [5.74, 6) is -0.976. The molecule has 6 nitrogen and oxygen atoms in total. The highest BCUT2D eigenvalue weighted by molar-refractivity contribution is 5.95. The lowest BCUT2D eigenvalue weighted by Crippen LogP contribution is -2.53. The highest BCUT2D eigenvalue weighted by atomic mass is 19.1. The van der Waals surface area contributed by atoms with Crippen LogP contribution >= 0.6 is 0 Å². The minimum atomic E-state index is -0.560. The summed E-state index contributed by atoms with van der Waals surface area (Å²) in [5, 5.41) is 10.6. The number of halogens is 2. The van der Waals surface area contributed by atoms with Crippen LogP contribution in [0.4, 0.5) is 8.78 Å². The molecule has 2 aromatic carbocycles. The molecule has 160 valence electrons. The molecule has 1 saturated heterocycles. The third kappa shape index (κ3) is 4.07. The van der Waals surface area contributed by atoms with Crippen molar-refractivity contribution < 1.29 is 13.6 Å². The maximum absolute atomic E-state index is 14.4. The van der Waals surface area contributed by atoms with Crippen molar-refractivity contribution in [2.75, 3.05) is 19.6 Å². The van der Waals surface area contributed by atoms with Gasteiger partial charge < -0.3 is 10.2 Å². The number of aromatic nitrogens is 2. The molecule has 1 aliphatic carbocycles. The number of carbonyl (C=O) groups excluding carboxylic acids is 1. The summed E-state index contributed by atoms with van der Waals surface area (Å²) in [5.41, 5.74) is 0.764. The molecule has 1 aliphatic heterocycles. The standard InChI is InChI=1S/C23H22F2N4O2/c24-15-2-5-17-18(9-15)22(30)28-27-21(17)8-13-1-6-20(25)19(7-13)23(31)29-11-14(12-29)10-26-16-3-4-16/h1-2,5-7,9,14,16,26H,3-4,8,10-12H2,(H,28,30). The van der Waals surface area contributed by atoms with Crippen LogP contribution < -0.4 is 10.9 Å². The third-order valence-electron chi connectivity index (χ3n) is 5.98. The van der Waals surface area contributed by atoms with E-state index < -0.39 is 17.2 Å². The molecule has 0 radical (unpaired) electrons. The van der Waals surface area contributed by atoms with Gasteiger partial charge in [0.05, 0.1) is 16.6 Å². The molecule has 1 amide bonds. The zero-order valence-corrected chi connectivity index (χ0v) is 16.8. The van der Waals surface area contributed by atoms with Gasteiger partial charge in [-0.1, -0.05) is 6.07 Å². The van der Waals surface area contributed by atoms with Gasteiger partial charge in [0, 0.05) is 43.4 Å². The van der Waals surface area contributed by atoms with E-state index in [1.54, 1.807) is 11.0 Å². The van der Waals surface area contributed by atoms with E-state index in [2.05, 4.69) is 15.5 Å². The molecule has 31 heavy (non-hydrogen) atoms. The van der Waals surface area contributed by atoms with Gasteiger partial charge in [-0.25, -0.2) is 13.9 Å². The number of amides is 1. The van der Waals surface area contributed by atoms with E-state index in [0.717, 1.165) is 12.6 Å². The van der Waals surface area contributed by atoms with E-state index in [1.807, 2.05) is 0 Å². The molecular weight excluding hydrogens is 402 g/mol. The summed E-state index contributed by atoms with van der Waals surface area (Å²) >= 11 is 0. The Hall–Kier alpha value is -3.13. The lowest BCUT2D eigenvalue weighted by Gasteiger charge is -2.39. The number of hydrogen-bond donors (Lipinski definition) is 2. The van der Waals surface area contributed by atoms with Crippen LogP contribution in [0.1, 0.15) is 34.5 Å². The Kier molecular flexibility index (Phi) is 5.02. The normalized spacial score (nSPS) is 16.5. The van der Waals surface area contributed by atoms with Crippen molar-refractivity contribution in [3.8, 4) is 0 Å². The number of nitrogens with zero attached hydrogens (tertiary/aromatic N) is 2. The van der Waals surface area contributed by atoms with Gasteiger partial charge in [-0.05, 0) is 48.7 Å². The van der Waals surface area contributed by atoms with Crippen LogP contribution in [0.15, 0.2) is 41.2 Å². The summed E-state index contributed by atoms with van der Waals surface area (Å²) < 4.78 is 28.0. The van der Waals surface area contributed by atoms with Crippen LogP contribution in [0.5, 0.6) is 0 Å². The molecule has 1 aromatic heterocycles. The Morgan fingerprint density at radius 1 is 1.13 bits per heavy atom. The van der Waals surface area contributed by atoms with Gasteiger partial charge in [-0.15, -0.1) is 0 Å². The van der Waals surface area contributed by atoms with Crippen molar-refractivity contribution in [1.29, 1.82) is 0 Å². The van der Waals surface area contributed by atoms with E-state index in [4.69, 9.17) is 0 Å². The summed E-state index contributed by atoms with van der Waals surface area (Å²) in [7, 11) is 0. The van der Waals surface area contributed by atoms with E-state index in [1.165, 1.54) is 37.1 Å². The summed E-state index contributed by atoms with van der Waals surface area (Å²) in [6, 6.07) is 8.98. The predicted molar refractivity (Wildman–Crippen MR) is 112 cm³/mol. The van der Waals surface area contributed by atoms with Gasteiger partial charge in [-0.2, -0.15) is 5.10 Å². The molecule has 2 aliphatic rings. The number of aromatic amines is 1. The number of carbonyl (C=O) groups is 1. The first-order valence-corrected chi connectivity index (χ1v) is 10.5. The molecule has 2 N–H and O–H groups in total. The Morgan fingerprint density at radius 3 is 2.71 bits per heavy atom. The zero-order chi connectivity index (χ0) is 21.5. The van der Waals surface area contributed by atoms with E-state index >= 15 is 0 Å². The van der Waals surface area contributed by atoms with Crippen LogP contribution in [0.2, 0.25) is 0 Å². The Morgan fingerprint density at radius 2 is 1.94 bits per heavy atom. The number of fused-ring (bicyclic) bond motifs is 1. The van der Waals surface area contributed by atoms with Crippen LogP contribution in [0, 0.1) is 17.6 Å². The molecule has 2 heterocycles. The summed E-state index contributed by atoms with van der Waals surface area (Å²) in [6.07, 6.45) is 2.72. The first kappa shape index (κ1) is 19.8. The fourth-order valence-corrected chi connectivity index (χ4v) is 4.02. The average Bonchev–Trinajstić information content (AvgIpc) is 3.54. The lowest BCUT2D eigenvalue weighted by atomic mass is 9.97. The monoisotopic (exact) mass is 424 g/mol. The molecule has 8 heteroatoms. The van der Waals surface area contributed by atoms with E-state index in [-0.39, 0.29) is 23.3 Å². The fraction of sp³-hybridized carbons (Fsp3) is 0.348. The Labute approximate surface area is 177 Å². The molecule has 3 aromatic rings. The quantitative estimate of drug-likeness (QED) is 0.638. The summed E-state index contributed by atoms with van der Waals surface area (Å²) in [6.45, 7) is 2.14. The number of benzene rings is 2. The van der Waals surface area contributed by atoms with Crippen molar-refractivity contribution in [2.24, 2.45) is 5.92 Å².